The van der Waals surface area contributed by atoms with Crippen molar-refractivity contribution in [3.63, 3.8) is 0 Å². The lowest BCUT2D eigenvalue weighted by atomic mass is 9.61. The molecule has 2 unspecified atom stereocenters. The van der Waals surface area contributed by atoms with Gasteiger partial charge in [0.2, 0.25) is 0 Å². The maximum Gasteiger partial charge on any atom is 0.336 e. The first-order valence-electron chi connectivity index (χ1n) is 8.83. The number of benzene rings is 1. The maximum atomic E-state index is 13.2. The van der Waals surface area contributed by atoms with Crippen LogP contribution in [0.3, 0.4) is 0 Å². The molecule has 26 heavy (non-hydrogen) atoms. The second kappa shape index (κ2) is 6.43. The van der Waals surface area contributed by atoms with E-state index in [2.05, 4.69) is 5.32 Å². The Hall–Kier alpha value is -2.34. The van der Waals surface area contributed by atoms with Gasteiger partial charge in [0, 0.05) is 17.5 Å². The highest BCUT2D eigenvalue weighted by atomic mass is 16.6. The van der Waals surface area contributed by atoms with E-state index in [0.29, 0.717) is 36.3 Å². The summed E-state index contributed by atoms with van der Waals surface area (Å²) in [6.07, 6.45) is 0.608. The summed E-state index contributed by atoms with van der Waals surface area (Å²) in [5.41, 5.74) is 7.27. The van der Waals surface area contributed by atoms with Crippen molar-refractivity contribution in [1.29, 1.82) is 0 Å². The maximum absolute atomic E-state index is 13.2. The van der Waals surface area contributed by atoms with E-state index in [1.165, 1.54) is 7.11 Å². The minimum absolute atomic E-state index is 0.345. The Labute approximate surface area is 153 Å². The van der Waals surface area contributed by atoms with Crippen molar-refractivity contribution in [3.05, 3.63) is 41.0 Å². The molecule has 1 aromatic carbocycles. The van der Waals surface area contributed by atoms with Gasteiger partial charge in [-0.3, -0.25) is 4.79 Å². The lowest BCUT2D eigenvalue weighted by Crippen LogP contribution is -2.46. The van der Waals surface area contributed by atoms with E-state index in [-0.39, 0.29) is 5.97 Å². The number of hydrogen-bond acceptors (Lipinski definition) is 6. The molecule has 2 aliphatic rings. The summed E-state index contributed by atoms with van der Waals surface area (Å²) >= 11 is 0. The minimum atomic E-state index is -0.770. The van der Waals surface area contributed by atoms with Gasteiger partial charge in [-0.05, 0) is 39.3 Å². The fourth-order valence-corrected chi connectivity index (χ4v) is 4.14. The largest absolute Gasteiger partial charge is 0.466 e. The van der Waals surface area contributed by atoms with Gasteiger partial charge in [0.25, 0.3) is 0 Å². The van der Waals surface area contributed by atoms with Crippen molar-refractivity contribution in [2.45, 2.75) is 38.7 Å². The molecule has 3 N–H and O–H groups in total. The molecule has 1 fully saturated rings. The van der Waals surface area contributed by atoms with Crippen LogP contribution in [0.2, 0.25) is 0 Å². The number of nitrogens with two attached hydrogens (primary N) is 1. The molecular weight excluding hydrogens is 332 g/mol. The number of carbonyl (C=O) groups excluding carboxylic acids is 2. The molecule has 3 rings (SSSR count). The number of rotatable bonds is 2. The highest BCUT2D eigenvalue weighted by Gasteiger charge is 2.56. The second-order valence-electron chi connectivity index (χ2n) is 7.92. The SMILES string of the molecule is COC(=O)C1=C(N)c2ccccc2C(C(=O)OC(C)(C)C)C12CCNC2. The van der Waals surface area contributed by atoms with Gasteiger partial charge in [-0.1, -0.05) is 24.3 Å². The normalized spacial score (nSPS) is 25.2. The zero-order valence-corrected chi connectivity index (χ0v) is 15.7. The van der Waals surface area contributed by atoms with Crippen molar-refractivity contribution in [3.8, 4) is 0 Å². The highest BCUT2D eigenvalue weighted by molar-refractivity contribution is 6.03. The zero-order chi connectivity index (χ0) is 19.1. The summed E-state index contributed by atoms with van der Waals surface area (Å²) in [6.45, 7) is 6.67. The number of nitrogens with one attached hydrogen (secondary N) is 1. The fourth-order valence-electron chi connectivity index (χ4n) is 4.14. The Morgan fingerprint density at radius 3 is 2.54 bits per heavy atom. The van der Waals surface area contributed by atoms with Crippen LogP contribution in [0.15, 0.2) is 29.8 Å². The van der Waals surface area contributed by atoms with Crippen LogP contribution in [0, 0.1) is 5.41 Å². The molecule has 1 aliphatic carbocycles. The lowest BCUT2D eigenvalue weighted by molar-refractivity contribution is -0.159. The quantitative estimate of drug-likeness (QED) is 0.786. The van der Waals surface area contributed by atoms with E-state index in [1.807, 2.05) is 45.0 Å². The fraction of sp³-hybridized carbons (Fsp3) is 0.500. The summed E-state index contributed by atoms with van der Waals surface area (Å²) in [5, 5.41) is 3.29. The molecule has 0 saturated carbocycles. The summed E-state index contributed by atoms with van der Waals surface area (Å²) in [4.78, 5) is 25.9. The summed E-state index contributed by atoms with van der Waals surface area (Å²) in [5.74, 6) is -1.45. The first-order chi connectivity index (χ1) is 12.2. The Balaban J connectivity index is 2.24. The highest BCUT2D eigenvalue weighted by Crippen LogP contribution is 2.54. The Morgan fingerprint density at radius 1 is 1.27 bits per heavy atom. The van der Waals surface area contributed by atoms with Gasteiger partial charge in [-0.2, -0.15) is 0 Å². The first-order valence-corrected chi connectivity index (χ1v) is 8.83. The average molecular weight is 358 g/mol. The third-order valence-electron chi connectivity index (χ3n) is 5.10. The Morgan fingerprint density at radius 2 is 1.96 bits per heavy atom. The van der Waals surface area contributed by atoms with Crippen LogP contribution in [0.1, 0.15) is 44.2 Å². The van der Waals surface area contributed by atoms with Crippen LogP contribution >= 0.6 is 0 Å². The van der Waals surface area contributed by atoms with Gasteiger partial charge in [-0.25, -0.2) is 4.79 Å². The van der Waals surface area contributed by atoms with Crippen LogP contribution in [-0.2, 0) is 19.1 Å². The predicted octanol–water partition coefficient (Wildman–Crippen LogP) is 1.95. The van der Waals surface area contributed by atoms with Gasteiger partial charge in [0.05, 0.1) is 24.3 Å². The van der Waals surface area contributed by atoms with Crippen molar-refractivity contribution >= 4 is 17.6 Å². The molecule has 6 nitrogen and oxygen atoms in total. The van der Waals surface area contributed by atoms with E-state index in [1.54, 1.807) is 0 Å². The van der Waals surface area contributed by atoms with Gasteiger partial charge >= 0.3 is 11.9 Å². The number of ether oxygens (including phenoxy) is 2. The van der Waals surface area contributed by atoms with E-state index in [9.17, 15) is 9.59 Å². The van der Waals surface area contributed by atoms with Crippen molar-refractivity contribution in [2.75, 3.05) is 20.2 Å². The van der Waals surface area contributed by atoms with E-state index in [0.717, 1.165) is 5.56 Å². The summed E-state index contributed by atoms with van der Waals surface area (Å²) < 4.78 is 10.8. The number of methoxy groups -OCH3 is 1. The van der Waals surface area contributed by atoms with Crippen LogP contribution < -0.4 is 11.1 Å². The average Bonchev–Trinajstić information content (AvgIpc) is 3.02. The van der Waals surface area contributed by atoms with Crippen molar-refractivity contribution in [2.24, 2.45) is 11.1 Å². The standard InChI is InChI=1S/C20H26N2O4/c1-19(2,3)26-18(24)14-12-7-5-6-8-13(12)16(21)15(17(23)25-4)20(14)9-10-22-11-20/h5-8,14,22H,9-11,21H2,1-4H3. The lowest BCUT2D eigenvalue weighted by Gasteiger charge is -2.42. The Kier molecular flexibility index (Phi) is 4.56. The Bertz CT molecular complexity index is 770. The first kappa shape index (κ1) is 18.5. The predicted molar refractivity (Wildman–Crippen MR) is 98.1 cm³/mol. The van der Waals surface area contributed by atoms with E-state index >= 15 is 0 Å². The van der Waals surface area contributed by atoms with Gasteiger partial charge in [0.1, 0.15) is 5.60 Å². The topological polar surface area (TPSA) is 90.7 Å². The summed E-state index contributed by atoms with van der Waals surface area (Å²) in [7, 11) is 1.34. The van der Waals surface area contributed by atoms with Crippen molar-refractivity contribution in [1.82, 2.24) is 5.32 Å². The third-order valence-corrected chi connectivity index (χ3v) is 5.10. The molecule has 140 valence electrons. The molecule has 0 amide bonds. The monoisotopic (exact) mass is 358 g/mol. The van der Waals surface area contributed by atoms with Gasteiger partial charge < -0.3 is 20.5 Å². The van der Waals surface area contributed by atoms with Crippen LogP contribution in [0.5, 0.6) is 0 Å². The van der Waals surface area contributed by atoms with Crippen molar-refractivity contribution < 1.29 is 19.1 Å². The molecule has 6 heteroatoms. The van der Waals surface area contributed by atoms with Crippen LogP contribution in [0.25, 0.3) is 5.70 Å². The number of carbonyl (C=O) groups is 2. The molecule has 2 atom stereocenters. The molecular formula is C20H26N2O4. The summed E-state index contributed by atoms with van der Waals surface area (Å²) in [6, 6.07) is 7.45. The molecule has 0 radical (unpaired) electrons. The van der Waals surface area contributed by atoms with E-state index < -0.39 is 22.9 Å². The van der Waals surface area contributed by atoms with Crippen LogP contribution in [0.4, 0.5) is 0 Å². The molecule has 1 spiro atoms. The molecule has 1 aromatic rings. The molecule has 0 bridgehead atoms. The zero-order valence-electron chi connectivity index (χ0n) is 15.7. The second-order valence-corrected chi connectivity index (χ2v) is 7.92. The number of hydrogen-bond donors (Lipinski definition) is 2. The molecule has 1 heterocycles. The molecule has 1 aliphatic heterocycles. The van der Waals surface area contributed by atoms with Gasteiger partial charge in [0.15, 0.2) is 0 Å². The molecule has 1 saturated heterocycles. The minimum Gasteiger partial charge on any atom is -0.466 e. The molecule has 0 aromatic heterocycles. The van der Waals surface area contributed by atoms with Crippen LogP contribution in [-0.4, -0.2) is 37.7 Å². The van der Waals surface area contributed by atoms with E-state index in [4.69, 9.17) is 15.2 Å². The number of esters is 2. The smallest absolute Gasteiger partial charge is 0.336 e. The van der Waals surface area contributed by atoms with Gasteiger partial charge in [-0.15, -0.1) is 0 Å². The number of fused-ring (bicyclic) bond motifs is 1. The third kappa shape index (κ3) is 2.88.